The number of aliphatic carboxylic acids is 1. The van der Waals surface area contributed by atoms with E-state index in [1.54, 1.807) is 18.3 Å². The molecule has 2 aromatic rings. The second-order valence-corrected chi connectivity index (χ2v) is 7.06. The van der Waals surface area contributed by atoms with Gasteiger partial charge in [0, 0.05) is 23.4 Å². The fourth-order valence-electron chi connectivity index (χ4n) is 3.27. The maximum absolute atomic E-state index is 12.2. The third-order valence-electron chi connectivity index (χ3n) is 4.74. The van der Waals surface area contributed by atoms with Crippen LogP contribution in [-0.2, 0) is 16.0 Å². The monoisotopic (exact) mass is 376 g/mol. The predicted octanol–water partition coefficient (Wildman–Crippen LogP) is 3.83. The van der Waals surface area contributed by atoms with Crippen molar-refractivity contribution < 1.29 is 19.1 Å². The summed E-state index contributed by atoms with van der Waals surface area (Å²) < 4.78 is 5.67. The molecular weight excluding hydrogens is 356 g/mol. The molecule has 1 aliphatic carbocycles. The van der Waals surface area contributed by atoms with E-state index in [1.807, 2.05) is 12.1 Å². The van der Waals surface area contributed by atoms with Gasteiger partial charge in [0.2, 0.25) is 5.91 Å². The zero-order chi connectivity index (χ0) is 18.6. The summed E-state index contributed by atoms with van der Waals surface area (Å²) in [6.07, 6.45) is 5.66. The zero-order valence-electron chi connectivity index (χ0n) is 14.3. The fourth-order valence-corrected chi connectivity index (χ4v) is 3.40. The number of nitrogens with one attached hydrogen (secondary N) is 1. The Morgan fingerprint density at radius 2 is 1.88 bits per heavy atom. The lowest BCUT2D eigenvalue weighted by Crippen LogP contribution is -2.55. The third kappa shape index (κ3) is 4.25. The van der Waals surface area contributed by atoms with Gasteiger partial charge >= 0.3 is 5.97 Å². The molecule has 26 heavy (non-hydrogen) atoms. The van der Waals surface area contributed by atoms with Crippen LogP contribution in [0.3, 0.4) is 0 Å². The van der Waals surface area contributed by atoms with Crippen molar-refractivity contribution in [3.05, 3.63) is 41.4 Å². The van der Waals surface area contributed by atoms with Crippen molar-refractivity contribution >= 4 is 23.5 Å². The van der Waals surface area contributed by atoms with Gasteiger partial charge in [-0.2, -0.15) is 0 Å². The van der Waals surface area contributed by atoms with Gasteiger partial charge in [-0.25, -0.2) is 9.78 Å². The summed E-state index contributed by atoms with van der Waals surface area (Å²) in [4.78, 5) is 28.1. The highest BCUT2D eigenvalue weighted by atomic mass is 35.5. The van der Waals surface area contributed by atoms with Crippen LogP contribution in [-0.4, -0.2) is 27.5 Å². The maximum Gasteiger partial charge on any atom is 0.329 e. The summed E-state index contributed by atoms with van der Waals surface area (Å²) in [6, 6.07) is 7.20. The van der Waals surface area contributed by atoms with Crippen LogP contribution in [0.2, 0.25) is 5.02 Å². The Labute approximate surface area is 156 Å². The first-order chi connectivity index (χ1) is 12.5. The minimum Gasteiger partial charge on any atom is -0.480 e. The molecule has 6 nitrogen and oxygen atoms in total. The summed E-state index contributed by atoms with van der Waals surface area (Å²) in [6.45, 7) is 0. The third-order valence-corrected chi connectivity index (χ3v) is 5.00. The largest absolute Gasteiger partial charge is 0.480 e. The molecule has 0 radical (unpaired) electrons. The molecule has 0 unspecified atom stereocenters. The smallest absolute Gasteiger partial charge is 0.329 e. The topological polar surface area (TPSA) is 92.4 Å². The number of carboxylic acids is 1. The van der Waals surface area contributed by atoms with E-state index in [4.69, 9.17) is 16.0 Å². The van der Waals surface area contributed by atoms with Crippen LogP contribution >= 0.6 is 11.6 Å². The number of hydrogen-bond acceptors (Lipinski definition) is 4. The minimum absolute atomic E-state index is 0.135. The number of carbonyl (C=O) groups excluding carboxylic acids is 1. The average Bonchev–Trinajstić information content (AvgIpc) is 3.10. The van der Waals surface area contributed by atoms with Gasteiger partial charge in [0.1, 0.15) is 5.54 Å². The van der Waals surface area contributed by atoms with Gasteiger partial charge in [-0.05, 0) is 37.1 Å². The molecule has 1 aromatic heterocycles. The molecule has 1 aliphatic rings. The highest BCUT2D eigenvalue weighted by molar-refractivity contribution is 6.30. The van der Waals surface area contributed by atoms with Crippen LogP contribution in [0.4, 0.5) is 0 Å². The van der Waals surface area contributed by atoms with Crippen LogP contribution in [0.5, 0.6) is 0 Å². The zero-order valence-corrected chi connectivity index (χ0v) is 15.1. The molecule has 7 heteroatoms. The van der Waals surface area contributed by atoms with Crippen LogP contribution in [0.15, 0.2) is 34.9 Å². The molecule has 1 aromatic carbocycles. The second kappa shape index (κ2) is 7.91. The van der Waals surface area contributed by atoms with E-state index in [2.05, 4.69) is 10.3 Å². The number of amides is 1. The predicted molar refractivity (Wildman–Crippen MR) is 96.9 cm³/mol. The Balaban J connectivity index is 1.58. The summed E-state index contributed by atoms with van der Waals surface area (Å²) in [5.74, 6) is -0.197. The van der Waals surface area contributed by atoms with Crippen LogP contribution in [0.25, 0.3) is 11.3 Å². The standard InChI is InChI=1S/C19H21ClN2O4/c20-14-6-4-13(5-7-14)15-12-21-17(26-15)9-8-16(23)22-19(18(24)25)10-2-1-3-11-19/h4-7,12H,1-3,8-11H2,(H,22,23)(H,24,25). The lowest BCUT2D eigenvalue weighted by molar-refractivity contribution is -0.149. The first-order valence-electron chi connectivity index (χ1n) is 8.74. The van der Waals surface area contributed by atoms with Gasteiger partial charge in [-0.3, -0.25) is 4.79 Å². The molecule has 1 saturated carbocycles. The Kier molecular flexibility index (Phi) is 5.61. The Morgan fingerprint density at radius 1 is 1.19 bits per heavy atom. The molecule has 0 aliphatic heterocycles. The molecule has 0 spiro atoms. The molecule has 0 bridgehead atoms. The van der Waals surface area contributed by atoms with Gasteiger partial charge in [0.25, 0.3) is 0 Å². The molecule has 1 amide bonds. The quantitative estimate of drug-likeness (QED) is 0.799. The summed E-state index contributed by atoms with van der Waals surface area (Å²) in [5, 5.41) is 12.9. The van der Waals surface area contributed by atoms with Crippen LogP contribution in [0, 0.1) is 0 Å². The summed E-state index contributed by atoms with van der Waals surface area (Å²) in [5.41, 5.74) is -0.273. The van der Waals surface area contributed by atoms with E-state index in [1.165, 1.54) is 0 Å². The number of aryl methyl sites for hydroxylation is 1. The van der Waals surface area contributed by atoms with Gasteiger partial charge < -0.3 is 14.8 Å². The Morgan fingerprint density at radius 3 is 2.54 bits per heavy atom. The number of nitrogens with zero attached hydrogens (tertiary/aromatic N) is 1. The second-order valence-electron chi connectivity index (χ2n) is 6.62. The van der Waals surface area contributed by atoms with E-state index < -0.39 is 11.5 Å². The van der Waals surface area contributed by atoms with Gasteiger partial charge in [0.15, 0.2) is 11.7 Å². The van der Waals surface area contributed by atoms with E-state index >= 15 is 0 Å². The van der Waals surface area contributed by atoms with Gasteiger partial charge in [-0.15, -0.1) is 0 Å². The average molecular weight is 377 g/mol. The number of carboxylic acid groups (broad SMARTS) is 1. The molecule has 0 atom stereocenters. The van der Waals surface area contributed by atoms with Crippen molar-refractivity contribution in [3.63, 3.8) is 0 Å². The summed E-state index contributed by atoms with van der Waals surface area (Å²) in [7, 11) is 0. The van der Waals surface area contributed by atoms with E-state index in [0.717, 1.165) is 24.8 Å². The van der Waals surface area contributed by atoms with Gasteiger partial charge in [-0.1, -0.05) is 30.9 Å². The first kappa shape index (κ1) is 18.5. The Hall–Kier alpha value is -2.34. The number of aromatic nitrogens is 1. The van der Waals surface area contributed by atoms with Crippen LogP contribution < -0.4 is 5.32 Å². The van der Waals surface area contributed by atoms with Crippen molar-refractivity contribution in [3.8, 4) is 11.3 Å². The lowest BCUT2D eigenvalue weighted by atomic mass is 9.81. The van der Waals surface area contributed by atoms with E-state index in [9.17, 15) is 14.7 Å². The van der Waals surface area contributed by atoms with Crippen molar-refractivity contribution in [2.45, 2.75) is 50.5 Å². The maximum atomic E-state index is 12.2. The molecular formula is C19H21ClN2O4. The number of benzene rings is 1. The minimum atomic E-state index is -1.12. The highest BCUT2D eigenvalue weighted by Gasteiger charge is 2.40. The van der Waals surface area contributed by atoms with Crippen molar-refractivity contribution in [2.75, 3.05) is 0 Å². The molecule has 1 heterocycles. The van der Waals surface area contributed by atoms with E-state index in [0.29, 0.717) is 35.9 Å². The number of oxazole rings is 1. The molecule has 1 fully saturated rings. The highest BCUT2D eigenvalue weighted by Crippen LogP contribution is 2.29. The van der Waals surface area contributed by atoms with E-state index in [-0.39, 0.29) is 12.3 Å². The normalized spacial score (nSPS) is 16.2. The van der Waals surface area contributed by atoms with Crippen molar-refractivity contribution in [1.82, 2.24) is 10.3 Å². The molecule has 138 valence electrons. The SMILES string of the molecule is O=C(CCc1ncc(-c2ccc(Cl)cc2)o1)NC1(C(=O)O)CCCCC1. The summed E-state index contributed by atoms with van der Waals surface area (Å²) >= 11 is 5.87. The number of hydrogen-bond donors (Lipinski definition) is 2. The van der Waals surface area contributed by atoms with Crippen molar-refractivity contribution in [1.29, 1.82) is 0 Å². The number of rotatable bonds is 6. The number of carbonyl (C=O) groups is 2. The fraction of sp³-hybridized carbons (Fsp3) is 0.421. The number of halogens is 1. The molecule has 2 N–H and O–H groups in total. The van der Waals surface area contributed by atoms with Crippen molar-refractivity contribution in [2.24, 2.45) is 0 Å². The Bertz CT molecular complexity index is 779. The first-order valence-corrected chi connectivity index (χ1v) is 9.11. The van der Waals surface area contributed by atoms with Gasteiger partial charge in [0.05, 0.1) is 6.20 Å². The lowest BCUT2D eigenvalue weighted by Gasteiger charge is -2.33. The molecule has 0 saturated heterocycles. The van der Waals surface area contributed by atoms with Crippen LogP contribution in [0.1, 0.15) is 44.4 Å². The molecule has 3 rings (SSSR count).